The predicted octanol–water partition coefficient (Wildman–Crippen LogP) is -0.0892. The maximum atomic E-state index is 12.9. The molecule has 0 saturated carbocycles. The molecule has 3 rings (SSSR count). The van der Waals surface area contributed by atoms with E-state index in [2.05, 4.69) is 5.32 Å². The Labute approximate surface area is 196 Å². The molecule has 0 spiro atoms. The van der Waals surface area contributed by atoms with Crippen LogP contribution in [0.15, 0.2) is 23.8 Å². The number of rotatable bonds is 7. The quantitative estimate of drug-likeness (QED) is 0.345. The van der Waals surface area contributed by atoms with Gasteiger partial charge in [-0.05, 0) is 48.6 Å². The normalized spacial score (nSPS) is 17.8. The highest BCUT2D eigenvalue weighted by Crippen LogP contribution is 2.32. The number of nitrogens with two attached hydrogens (primary N) is 1. The number of hydrogen-bond donors (Lipinski definition) is 3. The van der Waals surface area contributed by atoms with Gasteiger partial charge in [-0.15, -0.1) is 0 Å². The molecule has 11 nitrogen and oxygen atoms in total. The molecule has 1 aliphatic heterocycles. The van der Waals surface area contributed by atoms with Crippen molar-refractivity contribution in [3.05, 3.63) is 34.9 Å². The molecule has 0 radical (unpaired) electrons. The number of nitrogens with one attached hydrogen (secondary N) is 1. The number of nitrogens with zero attached hydrogens (tertiary/aromatic N) is 1. The van der Waals surface area contributed by atoms with Crippen LogP contribution in [-0.2, 0) is 35.7 Å². The van der Waals surface area contributed by atoms with Gasteiger partial charge in [0.2, 0.25) is 11.8 Å². The van der Waals surface area contributed by atoms with Crippen LogP contribution >= 0.6 is 0 Å². The highest BCUT2D eigenvalue weighted by atomic mass is 32.2. The largest absolute Gasteiger partial charge is 0.748 e. The number of carbonyl (C=O) groups is 4. The van der Waals surface area contributed by atoms with E-state index >= 15 is 0 Å². The van der Waals surface area contributed by atoms with E-state index in [1.54, 1.807) is 25.1 Å². The molecule has 1 aromatic carbocycles. The number of Topliss-reactive ketones (excluding diaryl/α,β-unsaturated/α-hetero) is 1. The van der Waals surface area contributed by atoms with E-state index in [4.69, 9.17) is 10.8 Å². The van der Waals surface area contributed by atoms with Gasteiger partial charge in [-0.1, -0.05) is 6.07 Å². The Kier molecular flexibility index (Phi) is 7.41. The van der Waals surface area contributed by atoms with Crippen molar-refractivity contribution < 1.29 is 37.3 Å². The maximum Gasteiger partial charge on any atom is 0.306 e. The van der Waals surface area contributed by atoms with Crippen molar-refractivity contribution in [3.8, 4) is 0 Å². The predicted molar refractivity (Wildman–Crippen MR) is 120 cm³/mol. The van der Waals surface area contributed by atoms with Crippen molar-refractivity contribution in [2.75, 3.05) is 24.6 Å². The third-order valence-electron chi connectivity index (χ3n) is 6.17. The fraction of sp³-hybridized carbons (Fsp3) is 0.455. The molecule has 2 amide bonds. The topological polar surface area (TPSA) is 187 Å². The molecule has 1 heterocycles. The van der Waals surface area contributed by atoms with Crippen LogP contribution < -0.4 is 11.1 Å². The van der Waals surface area contributed by atoms with Crippen LogP contribution in [0.2, 0.25) is 0 Å². The number of fused-ring (bicyclic) bond motifs is 1. The summed E-state index contributed by atoms with van der Waals surface area (Å²) in [5.74, 6) is -4.59. The molecule has 1 unspecified atom stereocenters. The average molecular weight is 493 g/mol. The van der Waals surface area contributed by atoms with E-state index in [-0.39, 0.29) is 43.7 Å². The fourth-order valence-corrected chi connectivity index (χ4v) is 4.99. The lowest BCUT2D eigenvalue weighted by atomic mass is 9.84. The molecule has 1 aromatic rings. The Morgan fingerprint density at radius 3 is 2.50 bits per heavy atom. The number of carboxylic acids is 1. The highest BCUT2D eigenvalue weighted by Gasteiger charge is 2.33. The Morgan fingerprint density at radius 1 is 1.26 bits per heavy atom. The number of piperidine rings is 1. The highest BCUT2D eigenvalue weighted by molar-refractivity contribution is 7.85. The van der Waals surface area contributed by atoms with Gasteiger partial charge in [-0.3, -0.25) is 19.2 Å². The van der Waals surface area contributed by atoms with Gasteiger partial charge in [0.25, 0.3) is 0 Å². The number of ketones is 1. The van der Waals surface area contributed by atoms with Gasteiger partial charge < -0.3 is 25.6 Å². The molecule has 4 N–H and O–H groups in total. The van der Waals surface area contributed by atoms with Gasteiger partial charge in [0.05, 0.1) is 28.2 Å². The molecule has 1 atom stereocenters. The number of amides is 2. The van der Waals surface area contributed by atoms with Crippen LogP contribution in [0.5, 0.6) is 0 Å². The first-order valence-electron chi connectivity index (χ1n) is 10.7. The molecular weight excluding hydrogens is 466 g/mol. The van der Waals surface area contributed by atoms with E-state index in [1.165, 1.54) is 4.90 Å². The number of anilines is 1. The zero-order chi connectivity index (χ0) is 25.2. The number of allylic oxidation sites excluding steroid dienone is 1. The molecule has 2 aliphatic rings. The third kappa shape index (κ3) is 6.00. The third-order valence-corrected chi connectivity index (χ3v) is 6.91. The summed E-state index contributed by atoms with van der Waals surface area (Å²) in [5.41, 5.74) is 8.60. The Hall–Kier alpha value is -3.25. The first-order chi connectivity index (χ1) is 15.9. The smallest absolute Gasteiger partial charge is 0.306 e. The summed E-state index contributed by atoms with van der Waals surface area (Å²) in [6.07, 6.45) is 0.0150. The van der Waals surface area contributed by atoms with Crippen LogP contribution in [-0.4, -0.2) is 71.4 Å². The number of benzene rings is 1. The van der Waals surface area contributed by atoms with E-state index in [1.807, 2.05) is 0 Å². The Balaban J connectivity index is 1.75. The standard InChI is InChI=1S/C22H27N3O8S/c1-12-16-3-2-15(23)8-14(16)9-19(26)17(12)10-20(27)24-18(11-34(31,32)33)21(28)25-6-4-13(5-7-25)22(29)30/h2-3,8,13,18H,4-7,9-11,23H2,1H3,(H,24,27)(H,29,30)(H,31,32,33)/p-1. The Morgan fingerprint density at radius 2 is 1.91 bits per heavy atom. The first kappa shape index (κ1) is 25.4. The first-order valence-corrected chi connectivity index (χ1v) is 12.3. The number of carboxylic acid groups (broad SMARTS) is 1. The average Bonchev–Trinajstić information content (AvgIpc) is 2.74. The molecule has 184 valence electrons. The Bertz CT molecular complexity index is 1170. The van der Waals surface area contributed by atoms with Gasteiger partial charge in [-0.2, -0.15) is 0 Å². The SMILES string of the molecule is CC1=C(CC(=O)NC(CS(=O)(=O)[O-])C(=O)N2CCC(C(=O)O)CC2)C(=O)Cc2cc(N)ccc21. The molecule has 0 aromatic heterocycles. The zero-order valence-electron chi connectivity index (χ0n) is 18.6. The minimum atomic E-state index is -4.87. The summed E-state index contributed by atoms with van der Waals surface area (Å²) in [4.78, 5) is 50.6. The molecule has 1 fully saturated rings. The van der Waals surface area contributed by atoms with E-state index in [0.29, 0.717) is 11.3 Å². The number of hydrogen-bond acceptors (Lipinski definition) is 8. The summed E-state index contributed by atoms with van der Waals surface area (Å²) in [7, 11) is -4.87. The molecule has 34 heavy (non-hydrogen) atoms. The second-order valence-electron chi connectivity index (χ2n) is 8.58. The van der Waals surface area contributed by atoms with Gasteiger partial charge in [-0.25, -0.2) is 8.42 Å². The molecular formula is C22H26N3O8S-. The molecule has 0 bridgehead atoms. The van der Waals surface area contributed by atoms with Gasteiger partial charge in [0.15, 0.2) is 5.78 Å². The summed E-state index contributed by atoms with van der Waals surface area (Å²) in [5, 5.41) is 11.4. The fourth-order valence-electron chi connectivity index (χ4n) is 4.36. The van der Waals surface area contributed by atoms with Gasteiger partial charge in [0.1, 0.15) is 6.04 Å². The minimum Gasteiger partial charge on any atom is -0.748 e. The van der Waals surface area contributed by atoms with Gasteiger partial charge in [0, 0.05) is 30.8 Å². The van der Waals surface area contributed by atoms with Crippen molar-refractivity contribution in [2.24, 2.45) is 5.92 Å². The van der Waals surface area contributed by atoms with E-state index < -0.39 is 52.0 Å². The number of likely N-dealkylation sites (tertiary alicyclic amines) is 1. The zero-order valence-corrected chi connectivity index (χ0v) is 19.4. The monoisotopic (exact) mass is 492 g/mol. The van der Waals surface area contributed by atoms with Crippen molar-refractivity contribution in [1.29, 1.82) is 0 Å². The van der Waals surface area contributed by atoms with Crippen LogP contribution in [0.4, 0.5) is 5.69 Å². The molecule has 1 aliphatic carbocycles. The maximum absolute atomic E-state index is 12.9. The van der Waals surface area contributed by atoms with Crippen LogP contribution in [0.25, 0.3) is 5.57 Å². The summed E-state index contributed by atoms with van der Waals surface area (Å²) in [6.45, 7) is 1.81. The van der Waals surface area contributed by atoms with Crippen molar-refractivity contribution >= 4 is 44.9 Å². The minimum absolute atomic E-state index is 0.0517. The lowest BCUT2D eigenvalue weighted by Crippen LogP contribution is -2.53. The second-order valence-corrected chi connectivity index (χ2v) is 10.0. The lowest BCUT2D eigenvalue weighted by molar-refractivity contribution is -0.146. The summed E-state index contributed by atoms with van der Waals surface area (Å²) < 4.78 is 34.1. The van der Waals surface area contributed by atoms with Crippen LogP contribution in [0.3, 0.4) is 0 Å². The number of nitrogen functional groups attached to an aromatic ring is 1. The summed E-state index contributed by atoms with van der Waals surface area (Å²) >= 11 is 0. The van der Waals surface area contributed by atoms with E-state index in [9.17, 15) is 32.1 Å². The van der Waals surface area contributed by atoms with Crippen molar-refractivity contribution in [3.63, 3.8) is 0 Å². The summed E-state index contributed by atoms with van der Waals surface area (Å²) in [6, 6.07) is 3.48. The van der Waals surface area contributed by atoms with Crippen LogP contribution in [0, 0.1) is 5.92 Å². The number of carbonyl (C=O) groups excluding carboxylic acids is 3. The molecule has 1 saturated heterocycles. The van der Waals surface area contributed by atoms with Crippen molar-refractivity contribution in [2.45, 2.75) is 38.6 Å². The molecule has 12 heteroatoms. The van der Waals surface area contributed by atoms with Crippen LogP contribution in [0.1, 0.15) is 37.3 Å². The second kappa shape index (κ2) is 9.94. The lowest BCUT2D eigenvalue weighted by Gasteiger charge is -2.33. The van der Waals surface area contributed by atoms with Crippen molar-refractivity contribution in [1.82, 2.24) is 10.2 Å². The number of aliphatic carboxylic acids is 1. The van der Waals surface area contributed by atoms with Gasteiger partial charge >= 0.3 is 5.97 Å². The van der Waals surface area contributed by atoms with E-state index in [0.717, 1.165) is 11.1 Å².